The van der Waals surface area contributed by atoms with Crippen molar-refractivity contribution in [2.24, 2.45) is 23.7 Å². The van der Waals surface area contributed by atoms with Crippen molar-refractivity contribution >= 4 is 0 Å². The molecule has 0 amide bonds. The standard InChI is InChI=1S/C34H40O5/c1-19-12-24(13-20(2)32(19)35)37-18-38-25-14-21(3)33(22(4)15-25)39-34(36)29-9-6-5-8-28(29)31-17-23-16-30(31)27-11-7-10-26(23)27/h5-6,8-9,12-15,23,26-27,30-31,34-36H,7,10-11,16-18H2,1-4H3. The minimum atomic E-state index is -1.02. The van der Waals surface area contributed by atoms with Gasteiger partial charge in [0.1, 0.15) is 23.0 Å². The maximum atomic E-state index is 11.3. The number of hydrogen-bond donors (Lipinski definition) is 2. The zero-order chi connectivity index (χ0) is 27.3. The summed E-state index contributed by atoms with van der Waals surface area (Å²) in [6, 6.07) is 15.8. The topological polar surface area (TPSA) is 68.2 Å². The lowest BCUT2D eigenvalue weighted by atomic mass is 9.72. The van der Waals surface area contributed by atoms with Crippen LogP contribution < -0.4 is 14.2 Å². The van der Waals surface area contributed by atoms with Crippen molar-refractivity contribution in [3.05, 3.63) is 81.9 Å². The van der Waals surface area contributed by atoms with Crippen molar-refractivity contribution in [3.63, 3.8) is 0 Å². The first-order chi connectivity index (χ1) is 18.8. The SMILES string of the molecule is Cc1cc(OCOc2cc(C)c(OC(O)c3ccccc3C3CC4CC3C3CCCC43)c(C)c2)cc(C)c1O. The molecule has 0 heterocycles. The molecule has 3 aliphatic rings. The molecule has 0 radical (unpaired) electrons. The van der Waals surface area contributed by atoms with E-state index in [1.165, 1.54) is 37.7 Å². The second kappa shape index (κ2) is 10.4. The number of aliphatic hydroxyl groups excluding tert-OH is 1. The Hall–Kier alpha value is -3.18. The van der Waals surface area contributed by atoms with E-state index in [9.17, 15) is 10.2 Å². The van der Waals surface area contributed by atoms with Crippen molar-refractivity contribution in [3.8, 4) is 23.0 Å². The van der Waals surface area contributed by atoms with E-state index in [1.807, 2.05) is 52.0 Å². The van der Waals surface area contributed by atoms with Crippen LogP contribution in [0.3, 0.4) is 0 Å². The number of ether oxygens (including phenoxy) is 3. The molecule has 206 valence electrons. The highest BCUT2D eigenvalue weighted by molar-refractivity contribution is 5.47. The molecule has 39 heavy (non-hydrogen) atoms. The summed E-state index contributed by atoms with van der Waals surface area (Å²) in [6.45, 7) is 7.67. The fraction of sp³-hybridized carbons (Fsp3) is 0.471. The van der Waals surface area contributed by atoms with Crippen LogP contribution in [0.5, 0.6) is 23.0 Å². The molecule has 3 aliphatic carbocycles. The van der Waals surface area contributed by atoms with Crippen molar-refractivity contribution in [2.45, 2.75) is 72.0 Å². The van der Waals surface area contributed by atoms with Gasteiger partial charge in [0.15, 0.2) is 0 Å². The van der Waals surface area contributed by atoms with Gasteiger partial charge in [-0.05, 0) is 135 Å². The molecule has 0 aliphatic heterocycles. The van der Waals surface area contributed by atoms with Gasteiger partial charge in [0.2, 0.25) is 13.1 Å². The molecule has 5 nitrogen and oxygen atoms in total. The summed E-state index contributed by atoms with van der Waals surface area (Å²) in [5, 5.41) is 21.3. The maximum Gasteiger partial charge on any atom is 0.230 e. The first-order valence-corrected chi connectivity index (χ1v) is 14.4. The van der Waals surface area contributed by atoms with Crippen LogP contribution in [0.4, 0.5) is 0 Å². The van der Waals surface area contributed by atoms with E-state index in [2.05, 4.69) is 12.1 Å². The van der Waals surface area contributed by atoms with Gasteiger partial charge in [-0.3, -0.25) is 0 Å². The number of aryl methyl sites for hydroxylation is 4. The molecule has 3 aromatic carbocycles. The van der Waals surface area contributed by atoms with Gasteiger partial charge in [-0.15, -0.1) is 0 Å². The molecule has 2 bridgehead atoms. The summed E-state index contributed by atoms with van der Waals surface area (Å²) >= 11 is 0. The zero-order valence-corrected chi connectivity index (χ0v) is 23.4. The number of aliphatic hydroxyl groups is 1. The Morgan fingerprint density at radius 3 is 2.10 bits per heavy atom. The third kappa shape index (κ3) is 4.86. The summed E-state index contributed by atoms with van der Waals surface area (Å²) < 4.78 is 17.9. The lowest BCUT2D eigenvalue weighted by molar-refractivity contribution is -0.0217. The maximum absolute atomic E-state index is 11.3. The number of fused-ring (bicyclic) bond motifs is 5. The summed E-state index contributed by atoms with van der Waals surface area (Å²) in [5.74, 6) is 6.27. The summed E-state index contributed by atoms with van der Waals surface area (Å²) in [5.41, 5.74) is 5.49. The molecule has 6 rings (SSSR count). The Kier molecular flexibility index (Phi) is 6.96. The van der Waals surface area contributed by atoms with Gasteiger partial charge in [-0.25, -0.2) is 0 Å². The highest BCUT2D eigenvalue weighted by atomic mass is 16.7. The molecular formula is C34H40O5. The second-order valence-corrected chi connectivity index (χ2v) is 12.1. The van der Waals surface area contributed by atoms with Gasteiger partial charge < -0.3 is 24.4 Å². The first-order valence-electron chi connectivity index (χ1n) is 14.4. The van der Waals surface area contributed by atoms with Crippen LogP contribution in [0.25, 0.3) is 0 Å². The molecule has 2 N–H and O–H groups in total. The number of phenols is 1. The van der Waals surface area contributed by atoms with Gasteiger partial charge in [0.25, 0.3) is 0 Å². The fourth-order valence-corrected chi connectivity index (χ4v) is 8.02. The number of aromatic hydroxyl groups is 1. The van der Waals surface area contributed by atoms with E-state index >= 15 is 0 Å². The van der Waals surface area contributed by atoms with Crippen molar-refractivity contribution in [1.82, 2.24) is 0 Å². The third-order valence-corrected chi connectivity index (χ3v) is 9.67. The lowest BCUT2D eigenvalue weighted by Crippen LogP contribution is -2.24. The Balaban J connectivity index is 1.13. The van der Waals surface area contributed by atoms with Gasteiger partial charge >= 0.3 is 0 Å². The molecule has 3 fully saturated rings. The largest absolute Gasteiger partial charge is 0.507 e. The van der Waals surface area contributed by atoms with Crippen molar-refractivity contribution in [1.29, 1.82) is 0 Å². The Morgan fingerprint density at radius 1 is 0.795 bits per heavy atom. The molecule has 6 unspecified atom stereocenters. The minimum absolute atomic E-state index is 0.0458. The number of hydrogen-bond acceptors (Lipinski definition) is 5. The molecule has 0 aromatic heterocycles. The molecular weight excluding hydrogens is 488 g/mol. The average molecular weight is 529 g/mol. The molecule has 0 saturated heterocycles. The number of benzene rings is 3. The van der Waals surface area contributed by atoms with Crippen LogP contribution in [-0.4, -0.2) is 17.0 Å². The normalized spacial score (nSPS) is 25.9. The van der Waals surface area contributed by atoms with E-state index < -0.39 is 6.29 Å². The minimum Gasteiger partial charge on any atom is -0.507 e. The van der Waals surface area contributed by atoms with E-state index in [0.717, 1.165) is 51.5 Å². The van der Waals surface area contributed by atoms with Crippen molar-refractivity contribution in [2.75, 3.05) is 6.79 Å². The lowest BCUT2D eigenvalue weighted by Gasteiger charge is -2.33. The van der Waals surface area contributed by atoms with E-state index in [4.69, 9.17) is 14.2 Å². The molecule has 3 saturated carbocycles. The van der Waals surface area contributed by atoms with Crippen molar-refractivity contribution < 1.29 is 24.4 Å². The zero-order valence-electron chi connectivity index (χ0n) is 23.4. The third-order valence-electron chi connectivity index (χ3n) is 9.67. The summed E-state index contributed by atoms with van der Waals surface area (Å²) in [4.78, 5) is 0. The fourth-order valence-electron chi connectivity index (χ4n) is 8.02. The number of phenolic OH excluding ortho intramolecular Hbond substituents is 1. The highest BCUT2D eigenvalue weighted by Crippen LogP contribution is 2.64. The highest BCUT2D eigenvalue weighted by Gasteiger charge is 2.54. The Labute approximate surface area is 231 Å². The van der Waals surface area contributed by atoms with E-state index in [0.29, 0.717) is 23.2 Å². The number of rotatable bonds is 8. The molecule has 0 spiro atoms. The van der Waals surface area contributed by atoms with E-state index in [-0.39, 0.29) is 12.5 Å². The van der Waals surface area contributed by atoms with Gasteiger partial charge in [0, 0.05) is 5.56 Å². The van der Waals surface area contributed by atoms with Gasteiger partial charge in [-0.1, -0.05) is 30.7 Å². The van der Waals surface area contributed by atoms with Crippen LogP contribution >= 0.6 is 0 Å². The average Bonchev–Trinajstić information content (AvgIpc) is 3.64. The summed E-state index contributed by atoms with van der Waals surface area (Å²) in [6.07, 6.45) is 5.80. The smallest absolute Gasteiger partial charge is 0.230 e. The van der Waals surface area contributed by atoms with Crippen LogP contribution in [0.1, 0.15) is 77.7 Å². The predicted octanol–water partition coefficient (Wildman–Crippen LogP) is 7.65. The quantitative estimate of drug-likeness (QED) is 0.294. The monoisotopic (exact) mass is 528 g/mol. The van der Waals surface area contributed by atoms with Crippen LogP contribution in [0, 0.1) is 51.4 Å². The van der Waals surface area contributed by atoms with Crippen LogP contribution in [0.15, 0.2) is 48.5 Å². The second-order valence-electron chi connectivity index (χ2n) is 12.1. The Bertz CT molecular complexity index is 1320. The molecule has 3 aromatic rings. The Morgan fingerprint density at radius 2 is 1.41 bits per heavy atom. The van der Waals surface area contributed by atoms with Gasteiger partial charge in [-0.2, -0.15) is 0 Å². The first kappa shape index (κ1) is 26.1. The molecule has 5 heteroatoms. The predicted molar refractivity (Wildman–Crippen MR) is 151 cm³/mol. The van der Waals surface area contributed by atoms with Crippen LogP contribution in [0.2, 0.25) is 0 Å². The molecule has 6 atom stereocenters. The van der Waals surface area contributed by atoms with Gasteiger partial charge in [0.05, 0.1) is 0 Å². The van der Waals surface area contributed by atoms with E-state index in [1.54, 1.807) is 12.1 Å². The summed E-state index contributed by atoms with van der Waals surface area (Å²) in [7, 11) is 0. The van der Waals surface area contributed by atoms with Crippen LogP contribution in [-0.2, 0) is 0 Å².